The number of aliphatic carboxylic acids is 1. The minimum Gasteiger partial charge on any atom is -0.475 e. The summed E-state index contributed by atoms with van der Waals surface area (Å²) < 4.78 is 43.8. The van der Waals surface area contributed by atoms with Crippen molar-refractivity contribution in [1.82, 2.24) is 19.6 Å². The first-order valence-corrected chi connectivity index (χ1v) is 9.99. The van der Waals surface area contributed by atoms with Gasteiger partial charge in [0.15, 0.2) is 0 Å². The maximum atomic E-state index is 13.0. The average Bonchev–Trinajstić information content (AvgIpc) is 3.19. The molecule has 1 amide bonds. The van der Waals surface area contributed by atoms with Crippen LogP contribution in [0.25, 0.3) is 0 Å². The van der Waals surface area contributed by atoms with Crippen LogP contribution >= 0.6 is 0 Å². The molecule has 2 saturated heterocycles. The van der Waals surface area contributed by atoms with E-state index in [-0.39, 0.29) is 11.4 Å². The Labute approximate surface area is 178 Å². The molecule has 3 rings (SSSR count). The van der Waals surface area contributed by atoms with Gasteiger partial charge in [0, 0.05) is 52.1 Å². The Morgan fingerprint density at radius 2 is 1.81 bits per heavy atom. The lowest BCUT2D eigenvalue weighted by molar-refractivity contribution is -0.192. The number of hydrogen-bond acceptors (Lipinski definition) is 6. The van der Waals surface area contributed by atoms with Crippen molar-refractivity contribution in [1.29, 1.82) is 0 Å². The summed E-state index contributed by atoms with van der Waals surface area (Å²) in [5.74, 6) is -2.67. The Hall–Kier alpha value is -2.18. The van der Waals surface area contributed by atoms with Crippen LogP contribution in [0.4, 0.5) is 13.2 Å². The quantitative estimate of drug-likeness (QED) is 0.672. The number of piperidine rings is 1. The van der Waals surface area contributed by atoms with Gasteiger partial charge in [0.25, 0.3) is 5.91 Å². The zero-order chi connectivity index (χ0) is 23.1. The first-order valence-electron chi connectivity index (χ1n) is 9.99. The fourth-order valence-corrected chi connectivity index (χ4v) is 3.92. The predicted octanol–water partition coefficient (Wildman–Crippen LogP) is 1.49. The summed E-state index contributed by atoms with van der Waals surface area (Å²) in [6.45, 7) is 5.60. The van der Waals surface area contributed by atoms with E-state index in [0.29, 0.717) is 18.8 Å². The van der Waals surface area contributed by atoms with Gasteiger partial charge < -0.3 is 19.5 Å². The number of aromatic nitrogens is 2. The van der Waals surface area contributed by atoms with Crippen molar-refractivity contribution in [3.05, 3.63) is 18.0 Å². The first kappa shape index (κ1) is 25.1. The first-order chi connectivity index (χ1) is 14.6. The van der Waals surface area contributed by atoms with E-state index in [2.05, 4.69) is 10.00 Å². The Bertz CT molecular complexity index is 742. The highest BCUT2D eigenvalue weighted by atomic mass is 19.4. The molecule has 1 aromatic rings. The minimum absolute atomic E-state index is 0.0845. The van der Waals surface area contributed by atoms with Crippen LogP contribution in [0.5, 0.6) is 0 Å². The van der Waals surface area contributed by atoms with Crippen LogP contribution in [0.2, 0.25) is 0 Å². The molecule has 0 radical (unpaired) electrons. The van der Waals surface area contributed by atoms with E-state index >= 15 is 0 Å². The number of halogens is 3. The summed E-state index contributed by atoms with van der Waals surface area (Å²) in [6.07, 6.45) is 0.00510. The number of nitrogens with zero attached hydrogens (tertiary/aromatic N) is 4. The molecule has 3 heterocycles. The van der Waals surface area contributed by atoms with E-state index in [1.54, 1.807) is 25.1 Å². The van der Waals surface area contributed by atoms with E-state index in [1.165, 1.54) is 12.8 Å². The highest BCUT2D eigenvalue weighted by molar-refractivity contribution is 5.92. The van der Waals surface area contributed by atoms with Gasteiger partial charge in [-0.25, -0.2) is 4.79 Å². The fourth-order valence-electron chi connectivity index (χ4n) is 3.92. The summed E-state index contributed by atoms with van der Waals surface area (Å²) in [6, 6.07) is 1.81. The van der Waals surface area contributed by atoms with Crippen molar-refractivity contribution in [2.24, 2.45) is 0 Å². The van der Waals surface area contributed by atoms with E-state index in [1.807, 2.05) is 11.0 Å². The Kier molecular flexibility index (Phi) is 8.83. The topological polar surface area (TPSA) is 97.1 Å². The molecule has 31 heavy (non-hydrogen) atoms. The lowest BCUT2D eigenvalue weighted by atomic mass is 9.77. The minimum atomic E-state index is -5.08. The summed E-state index contributed by atoms with van der Waals surface area (Å²) in [5.41, 5.74) is 0.816. The molecule has 1 N–H and O–H groups in total. The van der Waals surface area contributed by atoms with Gasteiger partial charge in [-0.15, -0.1) is 0 Å². The SMILES string of the molecule is COCCN1CCC12CCCN(C(=O)c1ccnn1CCOC)C2.O=C(O)C(F)(F)F. The van der Waals surface area contributed by atoms with Crippen molar-refractivity contribution < 1.29 is 37.3 Å². The number of amides is 1. The number of rotatable bonds is 7. The Morgan fingerprint density at radius 3 is 2.35 bits per heavy atom. The van der Waals surface area contributed by atoms with E-state index in [9.17, 15) is 18.0 Å². The molecule has 2 aliphatic rings. The van der Waals surface area contributed by atoms with Gasteiger partial charge in [0.05, 0.1) is 19.8 Å². The predicted molar refractivity (Wildman–Crippen MR) is 104 cm³/mol. The van der Waals surface area contributed by atoms with Crippen molar-refractivity contribution in [2.75, 3.05) is 53.6 Å². The number of carboxylic acid groups (broad SMARTS) is 1. The zero-order valence-electron chi connectivity index (χ0n) is 17.7. The van der Waals surface area contributed by atoms with Gasteiger partial charge in [-0.2, -0.15) is 18.3 Å². The molecule has 2 aliphatic heterocycles. The second kappa shape index (κ2) is 10.9. The maximum Gasteiger partial charge on any atom is 0.490 e. The highest BCUT2D eigenvalue weighted by Gasteiger charge is 2.47. The van der Waals surface area contributed by atoms with Crippen molar-refractivity contribution in [2.45, 2.75) is 37.5 Å². The van der Waals surface area contributed by atoms with Crippen LogP contribution in [-0.2, 0) is 20.8 Å². The number of methoxy groups -OCH3 is 2. The van der Waals surface area contributed by atoms with E-state index < -0.39 is 12.1 Å². The van der Waals surface area contributed by atoms with Gasteiger partial charge in [-0.3, -0.25) is 14.4 Å². The number of carbonyl (C=O) groups excluding carboxylic acids is 1. The number of alkyl halides is 3. The van der Waals surface area contributed by atoms with Gasteiger partial charge in [0.2, 0.25) is 0 Å². The largest absolute Gasteiger partial charge is 0.490 e. The molecule has 0 aliphatic carbocycles. The molecule has 2 fully saturated rings. The van der Waals surface area contributed by atoms with Gasteiger partial charge in [-0.05, 0) is 25.3 Å². The monoisotopic (exact) mass is 450 g/mol. The number of carboxylic acids is 1. The maximum absolute atomic E-state index is 13.0. The molecule has 12 heteroatoms. The third-order valence-electron chi connectivity index (χ3n) is 5.61. The summed E-state index contributed by atoms with van der Waals surface area (Å²) in [7, 11) is 3.40. The Morgan fingerprint density at radius 1 is 1.16 bits per heavy atom. The van der Waals surface area contributed by atoms with Crippen LogP contribution in [0.3, 0.4) is 0 Å². The van der Waals surface area contributed by atoms with Crippen molar-refractivity contribution in [3.8, 4) is 0 Å². The molecule has 0 saturated carbocycles. The summed E-state index contributed by atoms with van der Waals surface area (Å²) in [5, 5.41) is 11.4. The summed E-state index contributed by atoms with van der Waals surface area (Å²) in [4.78, 5) is 26.4. The summed E-state index contributed by atoms with van der Waals surface area (Å²) >= 11 is 0. The van der Waals surface area contributed by atoms with Crippen LogP contribution in [-0.4, -0.2) is 102 Å². The number of hydrogen-bond donors (Lipinski definition) is 1. The molecule has 0 aromatic carbocycles. The third-order valence-corrected chi connectivity index (χ3v) is 5.61. The van der Waals surface area contributed by atoms with Crippen LogP contribution in [0.15, 0.2) is 12.3 Å². The van der Waals surface area contributed by atoms with Crippen LogP contribution < -0.4 is 0 Å². The highest BCUT2D eigenvalue weighted by Crippen LogP contribution is 2.38. The molecule has 1 spiro atoms. The zero-order valence-corrected chi connectivity index (χ0v) is 17.7. The van der Waals surface area contributed by atoms with Crippen molar-refractivity contribution >= 4 is 11.9 Å². The Balaban J connectivity index is 0.000000423. The molecule has 1 aromatic heterocycles. The molecule has 0 bridgehead atoms. The molecular weight excluding hydrogens is 421 g/mol. The smallest absolute Gasteiger partial charge is 0.475 e. The second-order valence-corrected chi connectivity index (χ2v) is 7.52. The number of ether oxygens (including phenoxy) is 2. The fraction of sp³-hybridized carbons (Fsp3) is 0.737. The van der Waals surface area contributed by atoms with Crippen molar-refractivity contribution in [3.63, 3.8) is 0 Å². The second-order valence-electron chi connectivity index (χ2n) is 7.52. The molecular formula is C19H29F3N4O5. The normalized spacial score (nSPS) is 21.4. The van der Waals surface area contributed by atoms with E-state index in [0.717, 1.165) is 39.2 Å². The lowest BCUT2D eigenvalue weighted by Crippen LogP contribution is -2.67. The molecule has 9 nitrogen and oxygen atoms in total. The average molecular weight is 450 g/mol. The van der Waals surface area contributed by atoms with Gasteiger partial charge in [-0.1, -0.05) is 0 Å². The number of carbonyl (C=O) groups is 2. The van der Waals surface area contributed by atoms with Gasteiger partial charge in [0.1, 0.15) is 5.69 Å². The van der Waals surface area contributed by atoms with Gasteiger partial charge >= 0.3 is 12.1 Å². The lowest BCUT2D eigenvalue weighted by Gasteiger charge is -2.57. The van der Waals surface area contributed by atoms with E-state index in [4.69, 9.17) is 19.4 Å². The third kappa shape index (κ3) is 6.40. The van der Waals surface area contributed by atoms with Crippen LogP contribution in [0, 0.1) is 0 Å². The standard InChI is InChI=1S/C17H28N4O3.C2HF3O2/c1-23-12-10-20-9-6-17(20)5-3-8-19(14-17)16(22)15-4-7-18-21(15)11-13-24-2;3-2(4,5)1(6)7/h4,7H,3,5-6,8-14H2,1-2H3;(H,6,7). The number of likely N-dealkylation sites (tertiary alicyclic amines) is 2. The molecule has 1 unspecified atom stereocenters. The van der Waals surface area contributed by atoms with Crippen LogP contribution in [0.1, 0.15) is 29.8 Å². The molecule has 176 valence electrons. The molecule has 1 atom stereocenters.